The predicted molar refractivity (Wildman–Crippen MR) is 316 cm³/mol. The number of hydrogen-bond acceptors (Lipinski definition) is 0. The molecule has 3 heteroatoms. The van der Waals surface area contributed by atoms with Crippen molar-refractivity contribution in [2.45, 2.75) is 110 Å². The zero-order valence-corrected chi connectivity index (χ0v) is 45.1. The van der Waals surface area contributed by atoms with Crippen LogP contribution >= 0.6 is 0 Å². The summed E-state index contributed by atoms with van der Waals surface area (Å²) < 4.78 is 5.52. The first-order valence-corrected chi connectivity index (χ1v) is 27.1. The summed E-state index contributed by atoms with van der Waals surface area (Å²) in [6, 6.07) is 65.0. The summed E-state index contributed by atoms with van der Waals surface area (Å²) in [7, 11) is 0. The van der Waals surface area contributed by atoms with Crippen LogP contribution in [0.4, 0.5) is 0 Å². The SMILES string of the molecule is CC(C)(C)c1ccc2c(c1)C1(c3cc(C(C)(C)C)ccc3-2)c2ccc3c4c2-n2c5c(cc(C(C)(C)C)cc5c5cc(C(C)(C)C)cc1c52)B4c1c2ccccc2cc2c(-c4ccccc4)c(-c4ccccc4)n-3c12. The first-order valence-electron chi connectivity index (χ1n) is 27.1. The van der Waals surface area contributed by atoms with Crippen molar-refractivity contribution in [1.82, 2.24) is 9.13 Å². The van der Waals surface area contributed by atoms with Crippen LogP contribution in [-0.4, -0.2) is 15.8 Å². The normalized spacial score (nSPS) is 14.8. The average Bonchev–Trinajstić information content (AvgIpc) is 4.07. The molecule has 0 bridgehead atoms. The fourth-order valence-electron chi connectivity index (χ4n) is 14.4. The molecule has 0 unspecified atom stereocenters. The van der Waals surface area contributed by atoms with Crippen molar-refractivity contribution in [3.8, 4) is 44.9 Å². The van der Waals surface area contributed by atoms with Gasteiger partial charge in [0.1, 0.15) is 0 Å². The number of hydrogen-bond donors (Lipinski definition) is 0. The molecule has 0 radical (unpaired) electrons. The minimum absolute atomic E-state index is 0.0485. The highest BCUT2D eigenvalue weighted by Crippen LogP contribution is 2.63. The van der Waals surface area contributed by atoms with Crippen molar-refractivity contribution in [3.05, 3.63) is 208 Å². The van der Waals surface area contributed by atoms with E-state index in [1.165, 1.54) is 149 Å². The van der Waals surface area contributed by atoms with Gasteiger partial charge in [0.15, 0.2) is 0 Å². The van der Waals surface area contributed by atoms with Gasteiger partial charge in [0, 0.05) is 38.6 Å². The van der Waals surface area contributed by atoms with E-state index in [0.29, 0.717) is 0 Å². The molecular weight excluding hydrogens is 892 g/mol. The quantitative estimate of drug-likeness (QED) is 0.153. The number of fused-ring (bicyclic) bond motifs is 13. The molecule has 0 fully saturated rings. The zero-order valence-electron chi connectivity index (χ0n) is 45.1. The highest BCUT2D eigenvalue weighted by atomic mass is 15.1. The van der Waals surface area contributed by atoms with Gasteiger partial charge in [-0.15, -0.1) is 0 Å². The van der Waals surface area contributed by atoms with Crippen molar-refractivity contribution < 1.29 is 0 Å². The maximum atomic E-state index is 2.81. The average molecular weight is 955 g/mol. The first kappa shape index (κ1) is 44.2. The number of benzene rings is 9. The third-order valence-corrected chi connectivity index (χ3v) is 18.1. The summed E-state index contributed by atoms with van der Waals surface area (Å²) in [6.07, 6.45) is 0. The molecule has 11 aromatic rings. The lowest BCUT2D eigenvalue weighted by atomic mass is 9.33. The van der Waals surface area contributed by atoms with E-state index in [4.69, 9.17) is 0 Å². The lowest BCUT2D eigenvalue weighted by Crippen LogP contribution is -2.61. The van der Waals surface area contributed by atoms with Gasteiger partial charge in [0.05, 0.1) is 22.1 Å². The van der Waals surface area contributed by atoms with Crippen LogP contribution in [0.3, 0.4) is 0 Å². The van der Waals surface area contributed by atoms with Crippen molar-refractivity contribution in [3.63, 3.8) is 0 Å². The van der Waals surface area contributed by atoms with Crippen LogP contribution in [0.15, 0.2) is 164 Å². The molecule has 0 saturated heterocycles. The van der Waals surface area contributed by atoms with Gasteiger partial charge in [-0.25, -0.2) is 0 Å². The van der Waals surface area contributed by atoms with Crippen LogP contribution in [0.2, 0.25) is 0 Å². The first-order chi connectivity index (χ1) is 35.3. The smallest absolute Gasteiger partial charge is 0.253 e. The number of rotatable bonds is 2. The molecule has 1 aliphatic carbocycles. The molecule has 9 aromatic carbocycles. The third-order valence-electron chi connectivity index (χ3n) is 18.1. The van der Waals surface area contributed by atoms with Crippen molar-refractivity contribution in [1.29, 1.82) is 0 Å². The third kappa shape index (κ3) is 5.48. The van der Waals surface area contributed by atoms with E-state index in [2.05, 4.69) is 256 Å². The van der Waals surface area contributed by atoms with Crippen molar-refractivity contribution in [2.24, 2.45) is 0 Å². The highest BCUT2D eigenvalue weighted by Gasteiger charge is 2.55. The van der Waals surface area contributed by atoms with Crippen LogP contribution in [0, 0.1) is 0 Å². The van der Waals surface area contributed by atoms with Gasteiger partial charge in [-0.05, 0) is 140 Å². The minimum Gasteiger partial charge on any atom is -0.310 e. The molecule has 0 atom stereocenters. The maximum absolute atomic E-state index is 2.81. The summed E-state index contributed by atoms with van der Waals surface area (Å²) in [5, 5.41) is 6.64. The summed E-state index contributed by atoms with van der Waals surface area (Å²) in [6.45, 7) is 28.7. The molecule has 74 heavy (non-hydrogen) atoms. The van der Waals surface area contributed by atoms with Crippen LogP contribution in [0.1, 0.15) is 128 Å². The Morgan fingerprint density at radius 2 is 0.919 bits per heavy atom. The topological polar surface area (TPSA) is 9.86 Å². The van der Waals surface area contributed by atoms with Gasteiger partial charge < -0.3 is 9.13 Å². The summed E-state index contributed by atoms with van der Waals surface area (Å²) in [5.74, 6) is 0. The van der Waals surface area contributed by atoms with Gasteiger partial charge in [0.25, 0.3) is 6.71 Å². The van der Waals surface area contributed by atoms with Crippen LogP contribution < -0.4 is 16.4 Å². The van der Waals surface area contributed by atoms with Gasteiger partial charge in [-0.2, -0.15) is 0 Å². The van der Waals surface area contributed by atoms with Crippen molar-refractivity contribution in [2.75, 3.05) is 0 Å². The molecule has 0 N–H and O–H groups in total. The van der Waals surface area contributed by atoms with E-state index in [1.807, 2.05) is 0 Å². The maximum Gasteiger partial charge on any atom is 0.253 e. The number of aromatic nitrogens is 2. The largest absolute Gasteiger partial charge is 0.310 e. The lowest BCUT2D eigenvalue weighted by molar-refractivity contribution is 0.583. The van der Waals surface area contributed by atoms with E-state index in [9.17, 15) is 0 Å². The Kier molecular flexibility index (Phi) is 8.39. The van der Waals surface area contributed by atoms with E-state index >= 15 is 0 Å². The highest BCUT2D eigenvalue weighted by molar-refractivity contribution is 7.01. The Morgan fingerprint density at radius 3 is 1.53 bits per heavy atom. The van der Waals surface area contributed by atoms with Crippen LogP contribution in [0.5, 0.6) is 0 Å². The second-order valence-corrected chi connectivity index (χ2v) is 26.5. The molecular formula is C71H63BN2. The molecule has 0 saturated carbocycles. The Labute approximate surface area is 436 Å². The van der Waals surface area contributed by atoms with Gasteiger partial charge in [-0.1, -0.05) is 223 Å². The fourth-order valence-corrected chi connectivity index (χ4v) is 14.4. The standard InChI is InChI=1S/C71H63BN2/c1-67(2,3)43-27-29-48-49-30-28-44(68(4,5)6)37-55(49)71(54(48)36-43)53-31-32-58-61-66(53)74-63-50(34-45(38-56(63)71)69(7,8)9)51-35-46(70(10,11)12)39-57(64(51)74)72(61)60-47-26-20-19-25-42(47)33-52-59(40-21-15-13-16-22-40)62(73(58)65(52)60)41-23-17-14-18-24-41/h13-39H,1-12H3. The zero-order chi connectivity index (χ0) is 50.9. The molecule has 0 amide bonds. The second kappa shape index (κ2) is 14.1. The molecule has 1 spiro atoms. The predicted octanol–water partition coefficient (Wildman–Crippen LogP) is 16.2. The Hall–Kier alpha value is -7.36. The molecule has 360 valence electrons. The van der Waals surface area contributed by atoms with E-state index in [0.717, 1.165) is 0 Å². The van der Waals surface area contributed by atoms with E-state index in [-0.39, 0.29) is 28.4 Å². The van der Waals surface area contributed by atoms with Crippen LogP contribution in [0.25, 0.3) is 88.4 Å². The molecule has 3 aliphatic heterocycles. The van der Waals surface area contributed by atoms with Crippen LogP contribution in [-0.2, 0) is 27.1 Å². The van der Waals surface area contributed by atoms with Gasteiger partial charge in [0.2, 0.25) is 0 Å². The Balaban J connectivity index is 1.24. The molecule has 2 nitrogen and oxygen atoms in total. The molecule has 2 aromatic heterocycles. The fraction of sp³-hybridized carbons (Fsp3) is 0.239. The summed E-state index contributed by atoms with van der Waals surface area (Å²) in [5.41, 5.74) is 28.8. The second-order valence-electron chi connectivity index (χ2n) is 26.5. The van der Waals surface area contributed by atoms with E-state index < -0.39 is 5.41 Å². The molecule has 5 heterocycles. The number of nitrogens with zero attached hydrogens (tertiary/aromatic N) is 2. The Bertz CT molecular complexity index is 4260. The molecule has 4 aliphatic rings. The van der Waals surface area contributed by atoms with E-state index in [1.54, 1.807) is 0 Å². The monoisotopic (exact) mass is 955 g/mol. The minimum atomic E-state index is -0.626. The summed E-state index contributed by atoms with van der Waals surface area (Å²) in [4.78, 5) is 0. The molecule has 15 rings (SSSR count). The van der Waals surface area contributed by atoms with Gasteiger partial charge >= 0.3 is 0 Å². The lowest BCUT2D eigenvalue weighted by Gasteiger charge is -2.45. The van der Waals surface area contributed by atoms with Gasteiger partial charge in [-0.3, -0.25) is 0 Å². The Morgan fingerprint density at radius 1 is 0.378 bits per heavy atom. The van der Waals surface area contributed by atoms with Crippen molar-refractivity contribution >= 4 is 66.6 Å². The summed E-state index contributed by atoms with van der Waals surface area (Å²) >= 11 is 0.